The lowest BCUT2D eigenvalue weighted by Crippen LogP contribution is -2.73. The largest absolute Gasteiger partial charge is 0.309 e. The van der Waals surface area contributed by atoms with Crippen LogP contribution in [0.2, 0.25) is 0 Å². The van der Waals surface area contributed by atoms with Gasteiger partial charge in [-0.05, 0) is 56.0 Å². The molecule has 1 aliphatic carbocycles. The lowest BCUT2D eigenvalue weighted by Gasteiger charge is -2.32. The number of rotatable bonds is 5. The minimum Gasteiger partial charge on any atom is -0.309 e. The van der Waals surface area contributed by atoms with Crippen molar-refractivity contribution in [2.75, 3.05) is 0 Å². The van der Waals surface area contributed by atoms with Crippen LogP contribution in [-0.2, 0) is 5.41 Å². The normalized spacial score (nSPS) is 14.2. The van der Waals surface area contributed by atoms with E-state index < -0.39 is 8.07 Å². The molecule has 0 fully saturated rings. The van der Waals surface area contributed by atoms with Crippen molar-refractivity contribution in [1.29, 1.82) is 0 Å². The van der Waals surface area contributed by atoms with E-state index >= 15 is 0 Å². The van der Waals surface area contributed by atoms with Gasteiger partial charge in [-0.1, -0.05) is 196 Å². The van der Waals surface area contributed by atoms with Gasteiger partial charge in [0.2, 0.25) is 0 Å². The number of hydrogen-bond donors (Lipinski definition) is 0. The summed E-state index contributed by atoms with van der Waals surface area (Å²) < 4.78 is 2.51. The van der Waals surface area contributed by atoms with Crippen LogP contribution >= 0.6 is 0 Å². The van der Waals surface area contributed by atoms with E-state index in [1.54, 1.807) is 0 Å². The Balaban J connectivity index is 1.23. The summed E-state index contributed by atoms with van der Waals surface area (Å²) in [5.41, 5.74) is 14.0. The molecule has 4 heteroatoms. The van der Waals surface area contributed by atoms with Gasteiger partial charge in [0, 0.05) is 38.1 Å². The van der Waals surface area contributed by atoms with Gasteiger partial charge in [-0.2, -0.15) is 0 Å². The number of benzene rings is 8. The third-order valence-corrected chi connectivity index (χ3v) is 17.9. The van der Waals surface area contributed by atoms with Crippen LogP contribution in [0.5, 0.6) is 0 Å². The van der Waals surface area contributed by atoms with Gasteiger partial charge >= 0.3 is 0 Å². The number of hydrogen-bond acceptors (Lipinski definition) is 2. The number of nitrogens with zero attached hydrogens (tertiary/aromatic N) is 3. The van der Waals surface area contributed by atoms with Gasteiger partial charge in [0.05, 0.1) is 28.1 Å². The molecule has 0 radical (unpaired) electrons. The molecule has 12 rings (SSSR count). The smallest absolute Gasteiger partial charge is 0.185 e. The molecule has 0 spiro atoms. The molecule has 1 aliphatic heterocycles. The molecule has 0 N–H and O–H groups in total. The van der Waals surface area contributed by atoms with Crippen molar-refractivity contribution in [1.82, 2.24) is 14.5 Å². The number of aromatic nitrogens is 3. The molecule has 278 valence electrons. The van der Waals surface area contributed by atoms with Crippen LogP contribution in [0.25, 0.3) is 72.5 Å². The van der Waals surface area contributed by atoms with Crippen molar-refractivity contribution in [3.8, 4) is 50.7 Å². The van der Waals surface area contributed by atoms with Crippen molar-refractivity contribution < 1.29 is 0 Å². The zero-order chi connectivity index (χ0) is 39.3. The van der Waals surface area contributed by atoms with E-state index in [9.17, 15) is 0 Å². The van der Waals surface area contributed by atoms with Crippen LogP contribution in [0.4, 0.5) is 0 Å². The molecule has 0 bridgehead atoms. The first-order chi connectivity index (χ1) is 29.1. The Morgan fingerprint density at radius 2 is 1.02 bits per heavy atom. The molecular formula is C55H39N3Si. The molecule has 0 unspecified atom stereocenters. The van der Waals surface area contributed by atoms with Crippen LogP contribution in [-0.4, -0.2) is 22.6 Å². The first-order valence-electron chi connectivity index (χ1n) is 20.5. The molecule has 0 saturated heterocycles. The molecule has 0 saturated carbocycles. The van der Waals surface area contributed by atoms with Crippen LogP contribution in [0.15, 0.2) is 200 Å². The SMILES string of the molecule is CC1(C)c2ccccc2-c2ccc3c(c21)c1ccccc1n3-c1ccccc1-c1nc(-c2ccccc2)nc2c1[Si](c1ccccc1)(c1ccccc1)c1ccccc1-2. The second kappa shape index (κ2) is 12.7. The summed E-state index contributed by atoms with van der Waals surface area (Å²) in [6.45, 7) is 4.78. The Morgan fingerprint density at radius 1 is 0.458 bits per heavy atom. The first kappa shape index (κ1) is 33.9. The predicted molar refractivity (Wildman–Crippen MR) is 247 cm³/mol. The molecule has 0 atom stereocenters. The maximum atomic E-state index is 5.76. The third kappa shape index (κ3) is 4.63. The molecule has 3 heterocycles. The number of para-hydroxylation sites is 2. The van der Waals surface area contributed by atoms with E-state index in [2.05, 4.69) is 219 Å². The lowest BCUT2D eigenvalue weighted by molar-refractivity contribution is 0.666. The average molecular weight is 770 g/mol. The molecule has 8 aromatic carbocycles. The maximum absolute atomic E-state index is 5.76. The highest BCUT2D eigenvalue weighted by Gasteiger charge is 2.52. The summed E-state index contributed by atoms with van der Waals surface area (Å²) in [5.74, 6) is 0.731. The van der Waals surface area contributed by atoms with Crippen LogP contribution in [0.1, 0.15) is 25.0 Å². The van der Waals surface area contributed by atoms with Gasteiger partial charge < -0.3 is 4.57 Å². The van der Waals surface area contributed by atoms with Crippen LogP contribution in [0.3, 0.4) is 0 Å². The molecule has 10 aromatic rings. The summed E-state index contributed by atoms with van der Waals surface area (Å²) >= 11 is 0. The Hall–Kier alpha value is -7.14. The van der Waals surface area contributed by atoms with E-state index in [-0.39, 0.29) is 5.41 Å². The summed E-state index contributed by atoms with van der Waals surface area (Å²) in [4.78, 5) is 11.3. The fraction of sp³-hybridized carbons (Fsp3) is 0.0545. The van der Waals surface area contributed by atoms with E-state index in [1.165, 1.54) is 70.4 Å². The summed E-state index contributed by atoms with van der Waals surface area (Å²) in [7, 11) is -3.00. The van der Waals surface area contributed by atoms with E-state index in [0.29, 0.717) is 0 Å². The topological polar surface area (TPSA) is 30.7 Å². The molecule has 0 amide bonds. The van der Waals surface area contributed by atoms with E-state index in [0.717, 1.165) is 34.0 Å². The van der Waals surface area contributed by atoms with Crippen molar-refractivity contribution in [3.05, 3.63) is 211 Å². The summed E-state index contributed by atoms with van der Waals surface area (Å²) in [6, 6.07) is 73.4. The Morgan fingerprint density at radius 3 is 1.75 bits per heavy atom. The van der Waals surface area contributed by atoms with Crippen LogP contribution < -0.4 is 20.7 Å². The zero-order valence-electron chi connectivity index (χ0n) is 32.9. The minimum atomic E-state index is -3.00. The summed E-state index contributed by atoms with van der Waals surface area (Å²) in [6.07, 6.45) is 0. The van der Waals surface area contributed by atoms with E-state index in [4.69, 9.17) is 9.97 Å². The summed E-state index contributed by atoms with van der Waals surface area (Å²) in [5, 5.41) is 7.80. The standard InChI is InChI=1S/C55H39N3Si/c1-55(2)44-30-16-12-26-39(44)40-34-35-47-49(50(40)55)41-27-13-17-31-45(41)58(47)46-32-18-14-28-42(46)51-53-52(57-54(56-51)36-20-6-3-7-21-36)43-29-15-19-33-48(43)59(53,37-22-8-4-9-23-37)38-24-10-5-11-25-38/h3-35H,1-2H3. The highest BCUT2D eigenvalue weighted by atomic mass is 28.3. The Bertz CT molecular complexity index is 3250. The molecule has 3 nitrogen and oxygen atoms in total. The van der Waals surface area contributed by atoms with Crippen molar-refractivity contribution in [3.63, 3.8) is 0 Å². The van der Waals surface area contributed by atoms with Crippen molar-refractivity contribution in [2.45, 2.75) is 19.3 Å². The third-order valence-electron chi connectivity index (χ3n) is 13.1. The highest BCUT2D eigenvalue weighted by molar-refractivity contribution is 7.22. The fourth-order valence-electron chi connectivity index (χ4n) is 10.7. The Labute approximate surface area is 345 Å². The Kier molecular flexibility index (Phi) is 7.29. The van der Waals surface area contributed by atoms with Gasteiger partial charge in [-0.15, -0.1) is 0 Å². The predicted octanol–water partition coefficient (Wildman–Crippen LogP) is 10.6. The monoisotopic (exact) mass is 769 g/mol. The first-order valence-corrected chi connectivity index (χ1v) is 22.5. The highest BCUT2D eigenvalue weighted by Crippen LogP contribution is 2.53. The quantitative estimate of drug-likeness (QED) is 0.163. The molecule has 59 heavy (non-hydrogen) atoms. The molecular weight excluding hydrogens is 731 g/mol. The zero-order valence-corrected chi connectivity index (χ0v) is 33.9. The van der Waals surface area contributed by atoms with Gasteiger partial charge in [0.15, 0.2) is 13.9 Å². The van der Waals surface area contributed by atoms with Crippen molar-refractivity contribution in [2.24, 2.45) is 0 Å². The molecule has 2 aliphatic rings. The molecule has 2 aromatic heterocycles. The lowest BCUT2D eigenvalue weighted by atomic mass is 9.80. The maximum Gasteiger partial charge on any atom is 0.185 e. The number of fused-ring (bicyclic) bond motifs is 10. The average Bonchev–Trinajstić information content (AvgIpc) is 3.88. The second-order valence-corrected chi connectivity index (χ2v) is 20.1. The van der Waals surface area contributed by atoms with Crippen molar-refractivity contribution >= 4 is 50.6 Å². The van der Waals surface area contributed by atoms with E-state index in [1.807, 2.05) is 0 Å². The van der Waals surface area contributed by atoms with Crippen LogP contribution in [0, 0.1) is 0 Å². The van der Waals surface area contributed by atoms with Gasteiger partial charge in [0.1, 0.15) is 0 Å². The second-order valence-electron chi connectivity index (χ2n) is 16.4. The fourth-order valence-corrected chi connectivity index (χ4v) is 15.9. The van der Waals surface area contributed by atoms with Gasteiger partial charge in [0.25, 0.3) is 0 Å². The minimum absolute atomic E-state index is 0.166. The van der Waals surface area contributed by atoms with Gasteiger partial charge in [-0.3, -0.25) is 0 Å². The van der Waals surface area contributed by atoms with Gasteiger partial charge in [-0.25, -0.2) is 9.97 Å².